The van der Waals surface area contributed by atoms with Crippen molar-refractivity contribution in [1.29, 1.82) is 0 Å². The Morgan fingerprint density at radius 2 is 2.28 bits per heavy atom. The summed E-state index contributed by atoms with van der Waals surface area (Å²) in [6.45, 7) is 0.458. The molecule has 2 aromatic rings. The van der Waals surface area contributed by atoms with Gasteiger partial charge in [0.25, 0.3) is 5.91 Å². The van der Waals surface area contributed by atoms with Crippen molar-refractivity contribution in [3.8, 4) is 0 Å². The second kappa shape index (κ2) is 5.27. The number of aromatic amines is 1. The molecule has 2 aromatic heterocycles. The highest BCUT2D eigenvalue weighted by atomic mass is 16.2. The zero-order chi connectivity index (χ0) is 13.0. The van der Waals surface area contributed by atoms with Gasteiger partial charge in [0.1, 0.15) is 0 Å². The van der Waals surface area contributed by atoms with Crippen molar-refractivity contribution < 1.29 is 4.79 Å². The van der Waals surface area contributed by atoms with E-state index in [1.54, 1.807) is 30.4 Å². The van der Waals surface area contributed by atoms with Gasteiger partial charge in [0.15, 0.2) is 0 Å². The summed E-state index contributed by atoms with van der Waals surface area (Å²) in [5.74, 6) is -0.190. The molecule has 0 aromatic carbocycles. The summed E-state index contributed by atoms with van der Waals surface area (Å²) in [5.41, 5.74) is 1.04. The van der Waals surface area contributed by atoms with Crippen LogP contribution in [0, 0.1) is 0 Å². The highest BCUT2D eigenvalue weighted by Gasteiger charge is 2.12. The summed E-state index contributed by atoms with van der Waals surface area (Å²) in [6, 6.07) is 6.60. The first-order valence-corrected chi connectivity index (χ1v) is 5.50. The molecule has 0 unspecified atom stereocenters. The molecule has 0 saturated heterocycles. The van der Waals surface area contributed by atoms with Crippen LogP contribution >= 0.6 is 0 Å². The van der Waals surface area contributed by atoms with Crippen molar-refractivity contribution >= 4 is 5.91 Å². The van der Waals surface area contributed by atoms with E-state index in [-0.39, 0.29) is 11.5 Å². The van der Waals surface area contributed by atoms with Gasteiger partial charge in [-0.15, -0.1) is 0 Å². The van der Waals surface area contributed by atoms with Gasteiger partial charge in [-0.25, -0.2) is 0 Å². The molecule has 5 heteroatoms. The lowest BCUT2D eigenvalue weighted by Crippen LogP contribution is -2.27. The van der Waals surface area contributed by atoms with E-state index in [0.29, 0.717) is 12.1 Å². The molecule has 0 atom stereocenters. The molecule has 0 aliphatic rings. The predicted octanol–water partition coefficient (Wildman–Crippen LogP) is 1.04. The molecule has 0 spiro atoms. The van der Waals surface area contributed by atoms with Crippen molar-refractivity contribution in [1.82, 2.24) is 14.9 Å². The summed E-state index contributed by atoms with van der Waals surface area (Å²) in [7, 11) is 1.69. The van der Waals surface area contributed by atoms with Crippen LogP contribution in [-0.4, -0.2) is 27.8 Å². The average Bonchev–Trinajstić information content (AvgIpc) is 2.39. The van der Waals surface area contributed by atoms with Crippen LogP contribution in [0.15, 0.2) is 47.7 Å². The number of nitrogens with one attached hydrogen (secondary N) is 1. The van der Waals surface area contributed by atoms with Crippen LogP contribution < -0.4 is 5.56 Å². The van der Waals surface area contributed by atoms with E-state index in [4.69, 9.17) is 0 Å². The third-order valence-electron chi connectivity index (χ3n) is 2.51. The number of pyridine rings is 2. The fourth-order valence-electron chi connectivity index (χ4n) is 1.64. The minimum absolute atomic E-state index is 0.190. The van der Waals surface area contributed by atoms with Gasteiger partial charge < -0.3 is 9.88 Å². The Morgan fingerprint density at radius 1 is 1.44 bits per heavy atom. The van der Waals surface area contributed by atoms with E-state index in [1.165, 1.54) is 12.3 Å². The molecular formula is C13H13N3O2. The summed E-state index contributed by atoms with van der Waals surface area (Å²) in [5, 5.41) is 0. The monoisotopic (exact) mass is 243 g/mol. The maximum atomic E-state index is 12.1. The molecular weight excluding hydrogens is 230 g/mol. The van der Waals surface area contributed by atoms with E-state index < -0.39 is 0 Å². The van der Waals surface area contributed by atoms with Gasteiger partial charge in [-0.3, -0.25) is 14.6 Å². The normalized spacial score (nSPS) is 10.1. The van der Waals surface area contributed by atoms with Crippen LogP contribution in [0.4, 0.5) is 0 Å². The van der Waals surface area contributed by atoms with Gasteiger partial charge in [-0.05, 0) is 17.7 Å². The number of hydrogen-bond acceptors (Lipinski definition) is 3. The minimum Gasteiger partial charge on any atom is -0.337 e. The van der Waals surface area contributed by atoms with Gasteiger partial charge in [0.05, 0.1) is 0 Å². The fraction of sp³-hybridized carbons (Fsp3) is 0.154. The first kappa shape index (κ1) is 12.0. The lowest BCUT2D eigenvalue weighted by atomic mass is 10.2. The van der Waals surface area contributed by atoms with Crippen molar-refractivity contribution in [3.05, 3.63) is 64.3 Å². The Balaban J connectivity index is 2.12. The Hall–Kier alpha value is -2.43. The van der Waals surface area contributed by atoms with Gasteiger partial charge in [-0.2, -0.15) is 0 Å². The number of carbonyl (C=O) groups excluding carboxylic acids is 1. The zero-order valence-electron chi connectivity index (χ0n) is 9.96. The molecule has 1 N–H and O–H groups in total. The van der Waals surface area contributed by atoms with Gasteiger partial charge in [0, 0.05) is 43.8 Å². The Labute approximate surface area is 104 Å². The van der Waals surface area contributed by atoms with Crippen LogP contribution in [0.3, 0.4) is 0 Å². The molecule has 0 bridgehead atoms. The molecule has 0 aliphatic heterocycles. The summed E-state index contributed by atoms with van der Waals surface area (Å²) in [6.07, 6.45) is 4.86. The largest absolute Gasteiger partial charge is 0.337 e. The van der Waals surface area contributed by atoms with Crippen LogP contribution in [-0.2, 0) is 6.54 Å². The smallest absolute Gasteiger partial charge is 0.254 e. The van der Waals surface area contributed by atoms with Crippen molar-refractivity contribution in [2.75, 3.05) is 7.05 Å². The Kier molecular flexibility index (Phi) is 3.52. The molecule has 0 fully saturated rings. The average molecular weight is 243 g/mol. The second-order valence-electron chi connectivity index (χ2n) is 3.96. The molecule has 2 rings (SSSR count). The summed E-state index contributed by atoms with van der Waals surface area (Å²) >= 11 is 0. The van der Waals surface area contributed by atoms with Crippen molar-refractivity contribution in [2.45, 2.75) is 6.54 Å². The summed E-state index contributed by atoms with van der Waals surface area (Å²) in [4.78, 5) is 31.2. The quantitative estimate of drug-likeness (QED) is 0.876. The fourth-order valence-corrected chi connectivity index (χ4v) is 1.64. The molecule has 0 aliphatic carbocycles. The van der Waals surface area contributed by atoms with Gasteiger partial charge >= 0.3 is 0 Å². The highest BCUT2D eigenvalue weighted by Crippen LogP contribution is 2.05. The number of nitrogens with zero attached hydrogens (tertiary/aromatic N) is 2. The zero-order valence-corrected chi connectivity index (χ0v) is 9.96. The van der Waals surface area contributed by atoms with Crippen LogP contribution in [0.2, 0.25) is 0 Å². The van der Waals surface area contributed by atoms with Gasteiger partial charge in [0.2, 0.25) is 5.56 Å². The molecule has 18 heavy (non-hydrogen) atoms. The molecule has 92 valence electrons. The maximum Gasteiger partial charge on any atom is 0.254 e. The lowest BCUT2D eigenvalue weighted by Gasteiger charge is -2.16. The van der Waals surface area contributed by atoms with Crippen molar-refractivity contribution in [3.63, 3.8) is 0 Å². The molecule has 1 amide bonds. The predicted molar refractivity (Wildman–Crippen MR) is 67.1 cm³/mol. The second-order valence-corrected chi connectivity index (χ2v) is 3.96. The number of aromatic nitrogens is 2. The van der Waals surface area contributed by atoms with E-state index in [0.717, 1.165) is 5.56 Å². The Bertz CT molecular complexity index is 592. The number of amides is 1. The van der Waals surface area contributed by atoms with E-state index >= 15 is 0 Å². The lowest BCUT2D eigenvalue weighted by molar-refractivity contribution is 0.0784. The Morgan fingerprint density at radius 3 is 2.94 bits per heavy atom. The third-order valence-corrected chi connectivity index (χ3v) is 2.51. The van der Waals surface area contributed by atoms with E-state index in [9.17, 15) is 9.59 Å². The SMILES string of the molecule is CN(Cc1cccnc1)C(=O)c1cc[nH]c(=O)c1. The van der Waals surface area contributed by atoms with Gasteiger partial charge in [-0.1, -0.05) is 6.07 Å². The number of hydrogen-bond donors (Lipinski definition) is 1. The van der Waals surface area contributed by atoms with Crippen LogP contribution in [0.1, 0.15) is 15.9 Å². The first-order valence-electron chi connectivity index (χ1n) is 5.50. The molecule has 5 nitrogen and oxygen atoms in total. The minimum atomic E-state index is -0.282. The maximum absolute atomic E-state index is 12.1. The number of rotatable bonds is 3. The molecule has 2 heterocycles. The third kappa shape index (κ3) is 2.82. The van der Waals surface area contributed by atoms with Crippen molar-refractivity contribution in [2.24, 2.45) is 0 Å². The molecule has 0 radical (unpaired) electrons. The topological polar surface area (TPSA) is 66.1 Å². The number of H-pyrrole nitrogens is 1. The number of carbonyl (C=O) groups is 1. The van der Waals surface area contributed by atoms with Crippen LogP contribution in [0.25, 0.3) is 0 Å². The first-order chi connectivity index (χ1) is 8.66. The highest BCUT2D eigenvalue weighted by molar-refractivity contribution is 5.93. The van der Waals surface area contributed by atoms with Crippen LogP contribution in [0.5, 0.6) is 0 Å². The van der Waals surface area contributed by atoms with E-state index in [2.05, 4.69) is 9.97 Å². The molecule has 0 saturated carbocycles. The van der Waals surface area contributed by atoms with E-state index in [1.807, 2.05) is 12.1 Å². The standard InChI is InChI=1S/C13H13N3O2/c1-16(9-10-3-2-5-14-8-10)13(18)11-4-6-15-12(17)7-11/h2-8H,9H2,1H3,(H,15,17). The summed E-state index contributed by atoms with van der Waals surface area (Å²) < 4.78 is 0.